The van der Waals surface area contributed by atoms with E-state index in [1.165, 1.54) is 0 Å². The minimum Gasteiger partial charge on any atom is -0.368 e. The lowest BCUT2D eigenvalue weighted by molar-refractivity contribution is -0.141. The number of halogens is 3. The van der Waals surface area contributed by atoms with Crippen LogP contribution < -0.4 is 5.73 Å². The fraction of sp³-hybridized carbons (Fsp3) is 0.474. The van der Waals surface area contributed by atoms with Crippen molar-refractivity contribution in [2.24, 2.45) is 0 Å². The van der Waals surface area contributed by atoms with Crippen LogP contribution in [0.4, 0.5) is 19.1 Å². The molecule has 7 nitrogen and oxygen atoms in total. The molecule has 2 N–H and O–H groups in total. The normalized spacial score (nSPS) is 18.4. The highest BCUT2D eigenvalue weighted by Crippen LogP contribution is 2.35. The van der Waals surface area contributed by atoms with Gasteiger partial charge in [0.15, 0.2) is 5.65 Å². The van der Waals surface area contributed by atoms with Gasteiger partial charge in [0, 0.05) is 23.5 Å². The molecule has 10 heteroatoms. The molecule has 4 rings (SSSR count). The minimum atomic E-state index is -4.56. The van der Waals surface area contributed by atoms with E-state index in [0.717, 1.165) is 48.1 Å². The monoisotopic (exact) mass is 405 g/mol. The molecule has 1 fully saturated rings. The first-order valence-corrected chi connectivity index (χ1v) is 9.49. The Kier molecular flexibility index (Phi) is 4.89. The fourth-order valence-corrected chi connectivity index (χ4v) is 3.96. The summed E-state index contributed by atoms with van der Waals surface area (Å²) in [4.78, 5) is 14.2. The van der Waals surface area contributed by atoms with Gasteiger partial charge in [0.25, 0.3) is 0 Å². The second-order valence-electron chi connectivity index (χ2n) is 7.46. The molecule has 1 aliphatic rings. The maximum atomic E-state index is 13.2. The van der Waals surface area contributed by atoms with E-state index >= 15 is 0 Å². The molecule has 0 radical (unpaired) electrons. The third kappa shape index (κ3) is 3.89. The van der Waals surface area contributed by atoms with E-state index in [0.29, 0.717) is 18.7 Å². The van der Waals surface area contributed by atoms with Crippen LogP contribution in [-0.2, 0) is 12.7 Å². The van der Waals surface area contributed by atoms with Crippen LogP contribution in [0.1, 0.15) is 53.6 Å². The summed E-state index contributed by atoms with van der Waals surface area (Å²) in [5.41, 5.74) is 8.46. The first kappa shape index (κ1) is 19.6. The lowest BCUT2D eigenvalue weighted by Gasteiger charge is -2.35. The number of aryl methyl sites for hydroxylation is 2. The number of rotatable bonds is 3. The van der Waals surface area contributed by atoms with Crippen LogP contribution in [0.2, 0.25) is 0 Å². The molecule has 154 valence electrons. The summed E-state index contributed by atoms with van der Waals surface area (Å²) in [7, 11) is 0. The van der Waals surface area contributed by atoms with Gasteiger partial charge in [-0.15, -0.1) is 0 Å². The topological polar surface area (TPSA) is 85.2 Å². The van der Waals surface area contributed by atoms with Gasteiger partial charge >= 0.3 is 6.18 Å². The average Bonchev–Trinajstić information content (AvgIpc) is 3.04. The second kappa shape index (κ2) is 7.25. The molecule has 3 aromatic rings. The molecule has 1 aliphatic heterocycles. The summed E-state index contributed by atoms with van der Waals surface area (Å²) >= 11 is 0. The van der Waals surface area contributed by atoms with Crippen molar-refractivity contribution < 1.29 is 13.2 Å². The Morgan fingerprint density at radius 1 is 1.14 bits per heavy atom. The molecule has 29 heavy (non-hydrogen) atoms. The number of fused-ring (bicyclic) bond motifs is 1. The van der Waals surface area contributed by atoms with E-state index in [1.54, 1.807) is 10.7 Å². The van der Waals surface area contributed by atoms with Crippen molar-refractivity contribution >= 4 is 11.6 Å². The number of aromatic nitrogens is 5. The van der Waals surface area contributed by atoms with Gasteiger partial charge in [-0.05, 0) is 45.4 Å². The number of anilines is 1. The van der Waals surface area contributed by atoms with Gasteiger partial charge in [-0.2, -0.15) is 18.3 Å². The first-order chi connectivity index (χ1) is 13.7. The lowest BCUT2D eigenvalue weighted by atomic mass is 9.98. The molecule has 0 amide bonds. The number of nitrogen functional groups attached to an aromatic ring is 1. The summed E-state index contributed by atoms with van der Waals surface area (Å²) < 4.78 is 41.3. The summed E-state index contributed by atoms with van der Waals surface area (Å²) in [6.45, 7) is 5.16. The quantitative estimate of drug-likeness (QED) is 0.718. The van der Waals surface area contributed by atoms with Gasteiger partial charge in [0.05, 0.1) is 17.9 Å². The van der Waals surface area contributed by atoms with Crippen LogP contribution in [-0.4, -0.2) is 36.0 Å². The molecule has 0 aliphatic carbocycles. The third-order valence-electron chi connectivity index (χ3n) is 5.23. The highest BCUT2D eigenvalue weighted by atomic mass is 19.4. The third-order valence-corrected chi connectivity index (χ3v) is 5.23. The van der Waals surface area contributed by atoms with E-state index in [2.05, 4.69) is 25.0 Å². The molecule has 3 aromatic heterocycles. The number of piperidine rings is 1. The predicted molar refractivity (Wildman–Crippen MR) is 101 cm³/mol. The van der Waals surface area contributed by atoms with Crippen molar-refractivity contribution in [1.29, 1.82) is 0 Å². The summed E-state index contributed by atoms with van der Waals surface area (Å²) in [5.74, 6) is -0.357. The van der Waals surface area contributed by atoms with Crippen molar-refractivity contribution in [3.05, 3.63) is 46.7 Å². The maximum absolute atomic E-state index is 13.2. The standard InChI is InChI=1S/C19H22F3N7/c1-11-7-12(2)29-17(25-11)13(9-24-29)10-28-6-4-3-5-15(28)14-8-16(19(20,21)22)27-18(23)26-14/h7-9,15H,3-6,10H2,1-2H3,(H2,23,26,27). The van der Waals surface area contributed by atoms with Crippen LogP contribution in [0, 0.1) is 13.8 Å². The molecule has 1 saturated heterocycles. The number of alkyl halides is 3. The van der Waals surface area contributed by atoms with Crippen LogP contribution >= 0.6 is 0 Å². The van der Waals surface area contributed by atoms with Gasteiger partial charge in [0.2, 0.25) is 5.95 Å². The van der Waals surface area contributed by atoms with Crippen LogP contribution in [0.15, 0.2) is 18.3 Å². The van der Waals surface area contributed by atoms with Crippen molar-refractivity contribution in [3.63, 3.8) is 0 Å². The van der Waals surface area contributed by atoms with E-state index in [4.69, 9.17) is 5.73 Å². The van der Waals surface area contributed by atoms with Crippen molar-refractivity contribution in [3.8, 4) is 0 Å². The predicted octanol–water partition coefficient (Wildman–Crippen LogP) is 3.46. The molecular weight excluding hydrogens is 383 g/mol. The Balaban J connectivity index is 1.68. The van der Waals surface area contributed by atoms with E-state index in [-0.39, 0.29) is 12.0 Å². The Morgan fingerprint density at radius 2 is 1.93 bits per heavy atom. The lowest BCUT2D eigenvalue weighted by Crippen LogP contribution is -2.34. The number of nitrogens with zero attached hydrogens (tertiary/aromatic N) is 6. The molecule has 0 bridgehead atoms. The van der Waals surface area contributed by atoms with E-state index in [9.17, 15) is 13.2 Å². The fourth-order valence-electron chi connectivity index (χ4n) is 3.96. The maximum Gasteiger partial charge on any atom is 0.433 e. The molecule has 1 atom stereocenters. The molecular formula is C19H22F3N7. The zero-order valence-electron chi connectivity index (χ0n) is 16.2. The Hall–Kier alpha value is -2.75. The van der Waals surface area contributed by atoms with Crippen LogP contribution in [0.5, 0.6) is 0 Å². The molecule has 0 saturated carbocycles. The summed E-state index contributed by atoms with van der Waals surface area (Å²) in [5, 5.41) is 4.42. The van der Waals surface area contributed by atoms with Crippen LogP contribution in [0.25, 0.3) is 5.65 Å². The first-order valence-electron chi connectivity index (χ1n) is 9.49. The molecule has 0 spiro atoms. The number of hydrogen-bond acceptors (Lipinski definition) is 6. The molecule has 4 heterocycles. The van der Waals surface area contributed by atoms with Gasteiger partial charge in [-0.25, -0.2) is 19.5 Å². The number of likely N-dealkylation sites (tertiary alicyclic amines) is 1. The summed E-state index contributed by atoms with van der Waals surface area (Å²) in [6, 6.07) is 2.70. The zero-order chi connectivity index (χ0) is 20.8. The zero-order valence-corrected chi connectivity index (χ0v) is 16.2. The highest BCUT2D eigenvalue weighted by Gasteiger charge is 2.35. The minimum absolute atomic E-state index is 0.268. The van der Waals surface area contributed by atoms with Crippen molar-refractivity contribution in [2.75, 3.05) is 12.3 Å². The largest absolute Gasteiger partial charge is 0.433 e. The van der Waals surface area contributed by atoms with Crippen LogP contribution in [0.3, 0.4) is 0 Å². The SMILES string of the molecule is Cc1cc(C)n2ncc(CN3CCCCC3c3cc(C(F)(F)F)nc(N)n3)c2n1. The molecule has 0 aromatic carbocycles. The second-order valence-corrected chi connectivity index (χ2v) is 7.46. The van der Waals surface area contributed by atoms with Crippen molar-refractivity contribution in [2.45, 2.75) is 51.9 Å². The highest BCUT2D eigenvalue weighted by molar-refractivity contribution is 5.48. The molecule has 1 unspecified atom stereocenters. The average molecular weight is 405 g/mol. The number of hydrogen-bond donors (Lipinski definition) is 1. The van der Waals surface area contributed by atoms with E-state index < -0.39 is 11.9 Å². The van der Waals surface area contributed by atoms with Gasteiger partial charge in [0.1, 0.15) is 5.69 Å². The Morgan fingerprint density at radius 3 is 2.69 bits per heavy atom. The Labute approximate surface area is 165 Å². The van der Waals surface area contributed by atoms with Gasteiger partial charge in [-0.1, -0.05) is 6.42 Å². The summed E-state index contributed by atoms with van der Waals surface area (Å²) in [6.07, 6.45) is -0.202. The number of nitrogens with two attached hydrogens (primary N) is 1. The van der Waals surface area contributed by atoms with Gasteiger partial charge < -0.3 is 5.73 Å². The van der Waals surface area contributed by atoms with Crippen molar-refractivity contribution in [1.82, 2.24) is 29.5 Å². The van der Waals surface area contributed by atoms with Gasteiger partial charge in [-0.3, -0.25) is 4.90 Å². The van der Waals surface area contributed by atoms with E-state index in [1.807, 2.05) is 19.9 Å². The smallest absolute Gasteiger partial charge is 0.368 e. The Bertz CT molecular complexity index is 1040.